The second-order valence-corrected chi connectivity index (χ2v) is 6.09. The van der Waals surface area contributed by atoms with Crippen LogP contribution >= 0.6 is 15.9 Å². The number of rotatable bonds is 2. The molecule has 0 fully saturated rings. The molecule has 11 heteroatoms. The summed E-state index contributed by atoms with van der Waals surface area (Å²) in [6, 6.07) is 3.34. The summed E-state index contributed by atoms with van der Waals surface area (Å²) in [4.78, 5) is 3.46. The van der Waals surface area contributed by atoms with Crippen LogP contribution in [0.3, 0.4) is 0 Å². The number of nitrogens with two attached hydrogens (primary N) is 1. The van der Waals surface area contributed by atoms with Gasteiger partial charge in [0.25, 0.3) is 15.2 Å². The molecule has 0 unspecified atom stereocenters. The summed E-state index contributed by atoms with van der Waals surface area (Å²) in [5, 5.41) is 9.53. The first-order valence-electron chi connectivity index (χ1n) is 4.91. The maximum atomic E-state index is 12.9. The summed E-state index contributed by atoms with van der Waals surface area (Å²) in [6.07, 6.45) is -4.64. The monoisotopic (exact) mass is 370 g/mol. The normalized spacial score (nSPS) is 12.7. The number of nitrogens with zero attached hydrogens (tertiary/aromatic N) is 2. The van der Waals surface area contributed by atoms with Gasteiger partial charge in [0.15, 0.2) is 5.82 Å². The SMILES string of the molecule is NS(=O)(=O)c1nc(-c2ccc(Br)cc2C(F)(F)F)n[nH]1. The smallest absolute Gasteiger partial charge is 0.248 e. The lowest BCUT2D eigenvalue weighted by molar-refractivity contribution is -0.137. The summed E-state index contributed by atoms with van der Waals surface area (Å²) in [7, 11) is -4.17. The van der Waals surface area contributed by atoms with E-state index in [1.54, 1.807) is 0 Å². The van der Waals surface area contributed by atoms with Gasteiger partial charge in [-0.15, -0.1) is 0 Å². The molecule has 0 saturated carbocycles. The zero-order valence-corrected chi connectivity index (χ0v) is 11.8. The van der Waals surface area contributed by atoms with Crippen molar-refractivity contribution >= 4 is 26.0 Å². The number of halogens is 4. The second-order valence-electron chi connectivity index (χ2n) is 3.70. The van der Waals surface area contributed by atoms with Gasteiger partial charge in [0.1, 0.15) is 0 Å². The minimum absolute atomic E-state index is 0.218. The lowest BCUT2D eigenvalue weighted by Gasteiger charge is -2.10. The van der Waals surface area contributed by atoms with E-state index >= 15 is 0 Å². The molecule has 0 atom stereocenters. The standard InChI is InChI=1S/C9H6BrF3N4O2S/c10-4-1-2-5(6(3-4)9(11,12)13)7-15-8(17-16-7)20(14,18)19/h1-3H,(H2,14,18,19)(H,15,16,17). The number of nitrogens with one attached hydrogen (secondary N) is 1. The Kier molecular flexibility index (Phi) is 3.60. The van der Waals surface area contributed by atoms with E-state index in [9.17, 15) is 21.6 Å². The Morgan fingerprint density at radius 2 is 1.95 bits per heavy atom. The van der Waals surface area contributed by atoms with E-state index in [1.807, 2.05) is 5.10 Å². The maximum absolute atomic E-state index is 12.9. The van der Waals surface area contributed by atoms with Crippen molar-refractivity contribution in [3.63, 3.8) is 0 Å². The molecule has 1 heterocycles. The number of aromatic amines is 1. The number of primary sulfonamides is 1. The summed E-state index contributed by atoms with van der Waals surface area (Å²) >= 11 is 2.93. The number of sulfonamides is 1. The van der Waals surface area contributed by atoms with Gasteiger partial charge in [0.05, 0.1) is 5.56 Å². The van der Waals surface area contributed by atoms with E-state index in [-0.39, 0.29) is 10.0 Å². The quantitative estimate of drug-likeness (QED) is 0.842. The third-order valence-electron chi connectivity index (χ3n) is 2.26. The Balaban J connectivity index is 2.62. The molecule has 0 aliphatic rings. The van der Waals surface area contributed by atoms with Crippen LogP contribution in [0, 0.1) is 0 Å². The first-order chi connectivity index (χ1) is 9.09. The highest BCUT2D eigenvalue weighted by Crippen LogP contribution is 2.37. The molecule has 3 N–H and O–H groups in total. The summed E-state index contributed by atoms with van der Waals surface area (Å²) < 4.78 is 61.0. The summed E-state index contributed by atoms with van der Waals surface area (Å²) in [5.74, 6) is -0.408. The number of aromatic nitrogens is 3. The first-order valence-corrected chi connectivity index (χ1v) is 7.25. The molecule has 108 valence electrons. The summed E-state index contributed by atoms with van der Waals surface area (Å²) in [6.45, 7) is 0. The van der Waals surface area contributed by atoms with Crippen molar-refractivity contribution in [1.29, 1.82) is 0 Å². The average Bonchev–Trinajstić information content (AvgIpc) is 2.76. The molecule has 20 heavy (non-hydrogen) atoms. The average molecular weight is 371 g/mol. The minimum Gasteiger partial charge on any atom is -0.248 e. The molecule has 0 amide bonds. The van der Waals surface area contributed by atoms with Crippen LogP contribution in [0.2, 0.25) is 0 Å². The second kappa shape index (κ2) is 4.82. The van der Waals surface area contributed by atoms with Crippen molar-refractivity contribution in [3.05, 3.63) is 28.2 Å². The Morgan fingerprint density at radius 1 is 1.30 bits per heavy atom. The van der Waals surface area contributed by atoms with E-state index in [2.05, 4.69) is 26.0 Å². The van der Waals surface area contributed by atoms with Crippen LogP contribution in [0.4, 0.5) is 13.2 Å². The topological polar surface area (TPSA) is 102 Å². The van der Waals surface area contributed by atoms with Crippen LogP contribution in [0.5, 0.6) is 0 Å². The van der Waals surface area contributed by atoms with E-state index in [1.165, 1.54) is 6.07 Å². The van der Waals surface area contributed by atoms with Crippen LogP contribution in [0.15, 0.2) is 27.8 Å². The van der Waals surface area contributed by atoms with Gasteiger partial charge in [-0.1, -0.05) is 15.9 Å². The van der Waals surface area contributed by atoms with Crippen molar-refractivity contribution in [2.45, 2.75) is 11.3 Å². The molecular weight excluding hydrogens is 365 g/mol. The summed E-state index contributed by atoms with van der Waals surface area (Å²) in [5.41, 5.74) is -1.35. The van der Waals surface area contributed by atoms with Crippen LogP contribution in [-0.2, 0) is 16.2 Å². The third-order valence-corrected chi connectivity index (χ3v) is 3.48. The molecule has 0 bridgehead atoms. The van der Waals surface area contributed by atoms with E-state index in [4.69, 9.17) is 5.14 Å². The predicted molar refractivity (Wildman–Crippen MR) is 65.9 cm³/mol. The van der Waals surface area contributed by atoms with Gasteiger partial charge in [-0.3, -0.25) is 0 Å². The third kappa shape index (κ3) is 2.99. The fourth-order valence-corrected chi connectivity index (χ4v) is 2.19. The van der Waals surface area contributed by atoms with Gasteiger partial charge in [0, 0.05) is 10.0 Å². The fourth-order valence-electron chi connectivity index (χ4n) is 1.44. The molecule has 1 aromatic carbocycles. The van der Waals surface area contributed by atoms with E-state index < -0.39 is 32.7 Å². The van der Waals surface area contributed by atoms with Crippen LogP contribution in [0.25, 0.3) is 11.4 Å². The van der Waals surface area contributed by atoms with E-state index in [0.717, 1.165) is 12.1 Å². The van der Waals surface area contributed by atoms with Gasteiger partial charge in [-0.25, -0.2) is 18.7 Å². The fraction of sp³-hybridized carbons (Fsp3) is 0.111. The highest BCUT2D eigenvalue weighted by Gasteiger charge is 2.35. The van der Waals surface area contributed by atoms with Crippen molar-refractivity contribution in [1.82, 2.24) is 15.2 Å². The first kappa shape index (κ1) is 14.9. The van der Waals surface area contributed by atoms with Crippen LogP contribution < -0.4 is 5.14 Å². The van der Waals surface area contributed by atoms with Gasteiger partial charge >= 0.3 is 6.18 Å². The van der Waals surface area contributed by atoms with Crippen LogP contribution in [-0.4, -0.2) is 23.6 Å². The minimum atomic E-state index is -4.64. The molecule has 1 aromatic heterocycles. The van der Waals surface area contributed by atoms with Crippen molar-refractivity contribution in [2.75, 3.05) is 0 Å². The Hall–Kier alpha value is -1.46. The molecule has 6 nitrogen and oxygen atoms in total. The van der Waals surface area contributed by atoms with Crippen molar-refractivity contribution in [2.24, 2.45) is 5.14 Å². The molecule has 0 saturated heterocycles. The highest BCUT2D eigenvalue weighted by atomic mass is 79.9. The maximum Gasteiger partial charge on any atom is 0.417 e. The Labute approximate surface area is 119 Å². The zero-order chi connectivity index (χ0) is 15.1. The van der Waals surface area contributed by atoms with Gasteiger partial charge < -0.3 is 0 Å². The largest absolute Gasteiger partial charge is 0.417 e. The number of H-pyrrole nitrogens is 1. The van der Waals surface area contributed by atoms with Crippen LogP contribution in [0.1, 0.15) is 5.56 Å². The number of hydrogen-bond donors (Lipinski definition) is 2. The Morgan fingerprint density at radius 3 is 2.45 bits per heavy atom. The molecular formula is C9H6BrF3N4O2S. The van der Waals surface area contributed by atoms with Gasteiger partial charge in [-0.05, 0) is 18.2 Å². The molecule has 2 rings (SSSR count). The number of alkyl halides is 3. The molecule has 0 aliphatic heterocycles. The van der Waals surface area contributed by atoms with Crippen molar-refractivity contribution in [3.8, 4) is 11.4 Å². The Bertz CT molecular complexity index is 757. The van der Waals surface area contributed by atoms with Crippen molar-refractivity contribution < 1.29 is 21.6 Å². The van der Waals surface area contributed by atoms with Gasteiger partial charge in [0.2, 0.25) is 0 Å². The number of hydrogen-bond acceptors (Lipinski definition) is 4. The lowest BCUT2D eigenvalue weighted by atomic mass is 10.1. The number of benzene rings is 1. The molecule has 0 aliphatic carbocycles. The predicted octanol–water partition coefficient (Wildman–Crippen LogP) is 1.90. The molecule has 0 spiro atoms. The van der Waals surface area contributed by atoms with E-state index in [0.29, 0.717) is 0 Å². The highest BCUT2D eigenvalue weighted by molar-refractivity contribution is 9.10. The molecule has 2 aromatic rings. The van der Waals surface area contributed by atoms with Gasteiger partial charge in [-0.2, -0.15) is 23.3 Å². The zero-order valence-electron chi connectivity index (χ0n) is 9.44. The molecule has 0 radical (unpaired) electrons. The lowest BCUT2D eigenvalue weighted by Crippen LogP contribution is -2.14.